The van der Waals surface area contributed by atoms with Crippen molar-refractivity contribution in [3.05, 3.63) is 46.1 Å². The van der Waals surface area contributed by atoms with Crippen LogP contribution in [0.15, 0.2) is 40.5 Å². The third kappa shape index (κ3) is 4.06. The zero-order valence-electron chi connectivity index (χ0n) is 12.2. The minimum atomic E-state index is -1.49. The van der Waals surface area contributed by atoms with Gasteiger partial charge in [0.15, 0.2) is 5.41 Å². The predicted octanol–water partition coefficient (Wildman–Crippen LogP) is 3.39. The maximum Gasteiger partial charge on any atom is 0.328 e. The highest BCUT2D eigenvalue weighted by Gasteiger charge is 2.50. The van der Waals surface area contributed by atoms with Gasteiger partial charge in [-0.25, -0.2) is 0 Å². The first kappa shape index (κ1) is 17.7. The maximum atomic E-state index is 12.5. The summed E-state index contributed by atoms with van der Waals surface area (Å²) in [6.07, 6.45) is 0.148. The quantitative estimate of drug-likeness (QED) is 0.399. The van der Waals surface area contributed by atoms with E-state index in [9.17, 15) is 9.59 Å². The molecule has 0 saturated heterocycles. The number of esters is 2. The number of ether oxygens (including phenoxy) is 2. The molecule has 1 aromatic carbocycles. The molecule has 0 bridgehead atoms. The number of benzene rings is 1. The van der Waals surface area contributed by atoms with Gasteiger partial charge in [0.2, 0.25) is 0 Å². The summed E-state index contributed by atoms with van der Waals surface area (Å²) >= 11 is 2.01. The van der Waals surface area contributed by atoms with Gasteiger partial charge in [-0.15, -0.1) is 0 Å². The molecule has 1 aromatic rings. The van der Waals surface area contributed by atoms with Gasteiger partial charge in [-0.2, -0.15) is 0 Å². The molecule has 0 radical (unpaired) electrons. The average Bonchev–Trinajstić information content (AvgIpc) is 2.45. The normalized spacial score (nSPS) is 10.8. The summed E-state index contributed by atoms with van der Waals surface area (Å²) < 4.78 is 11.0. The van der Waals surface area contributed by atoms with E-state index < -0.39 is 17.4 Å². The zero-order chi connectivity index (χ0) is 15.9. The van der Waals surface area contributed by atoms with Crippen LogP contribution in [0.3, 0.4) is 0 Å². The summed E-state index contributed by atoms with van der Waals surface area (Å²) in [5.41, 5.74) is -0.939. The van der Waals surface area contributed by atoms with Crippen molar-refractivity contribution in [3.8, 4) is 0 Å². The van der Waals surface area contributed by atoms with Gasteiger partial charge in [-0.1, -0.05) is 36.9 Å². The highest BCUT2D eigenvalue weighted by Crippen LogP contribution is 2.36. The average molecular weight is 402 g/mol. The van der Waals surface area contributed by atoms with E-state index >= 15 is 0 Å². The van der Waals surface area contributed by atoms with E-state index in [1.165, 1.54) is 0 Å². The van der Waals surface area contributed by atoms with E-state index in [1.54, 1.807) is 38.1 Å². The van der Waals surface area contributed by atoms with Crippen LogP contribution in [0, 0.1) is 0 Å². The van der Waals surface area contributed by atoms with Gasteiger partial charge in [0, 0.05) is 6.42 Å². The van der Waals surface area contributed by atoms with Gasteiger partial charge in [0.25, 0.3) is 0 Å². The Morgan fingerprint density at radius 1 is 1.10 bits per heavy atom. The molecule has 21 heavy (non-hydrogen) atoms. The standard InChI is InChI=1S/C16H19IO4/c1-4-20-14(18)16(11-12(3)17,15(19)21-5-2)13-9-7-6-8-10-13/h6-10H,3-5,11H2,1-2H3. The van der Waals surface area contributed by atoms with Crippen LogP contribution in [0.4, 0.5) is 0 Å². The van der Waals surface area contributed by atoms with Crippen LogP contribution in [-0.2, 0) is 24.5 Å². The number of halogens is 1. The number of carbonyl (C=O) groups excluding carboxylic acids is 2. The Kier molecular flexibility index (Phi) is 6.87. The van der Waals surface area contributed by atoms with Crippen molar-refractivity contribution in [2.75, 3.05) is 13.2 Å². The molecule has 114 valence electrons. The second-order valence-electron chi connectivity index (χ2n) is 4.41. The van der Waals surface area contributed by atoms with Crippen LogP contribution >= 0.6 is 22.6 Å². The number of rotatable bonds is 7. The molecule has 0 unspecified atom stereocenters. The van der Waals surface area contributed by atoms with E-state index in [0.29, 0.717) is 9.14 Å². The van der Waals surface area contributed by atoms with Crippen LogP contribution in [0.25, 0.3) is 0 Å². The van der Waals surface area contributed by atoms with Gasteiger partial charge in [-0.05, 0) is 45.6 Å². The molecule has 4 nitrogen and oxygen atoms in total. The third-order valence-electron chi connectivity index (χ3n) is 2.97. The topological polar surface area (TPSA) is 52.6 Å². The first-order valence-electron chi connectivity index (χ1n) is 6.72. The Balaban J connectivity index is 3.43. The Labute approximate surface area is 138 Å². The van der Waals surface area contributed by atoms with Crippen molar-refractivity contribution in [2.45, 2.75) is 25.7 Å². The second-order valence-corrected chi connectivity index (χ2v) is 5.93. The predicted molar refractivity (Wildman–Crippen MR) is 89.2 cm³/mol. The summed E-state index contributed by atoms with van der Waals surface area (Å²) in [5, 5.41) is 0. The highest BCUT2D eigenvalue weighted by atomic mass is 127. The Morgan fingerprint density at radius 3 is 1.95 bits per heavy atom. The van der Waals surface area contributed by atoms with Crippen LogP contribution in [0.1, 0.15) is 25.8 Å². The summed E-state index contributed by atoms with van der Waals surface area (Å²) in [5.74, 6) is -1.21. The molecule has 0 N–H and O–H groups in total. The summed E-state index contributed by atoms with van der Waals surface area (Å²) in [4.78, 5) is 25.1. The first-order valence-corrected chi connectivity index (χ1v) is 7.80. The van der Waals surface area contributed by atoms with E-state index in [4.69, 9.17) is 9.47 Å². The van der Waals surface area contributed by atoms with E-state index in [0.717, 1.165) is 0 Å². The minimum absolute atomic E-state index is 0.148. The Morgan fingerprint density at radius 2 is 1.57 bits per heavy atom. The minimum Gasteiger partial charge on any atom is -0.465 e. The number of carbonyl (C=O) groups is 2. The lowest BCUT2D eigenvalue weighted by Gasteiger charge is -2.29. The number of allylic oxidation sites excluding steroid dienone is 1. The lowest BCUT2D eigenvalue weighted by Crippen LogP contribution is -2.46. The molecule has 0 amide bonds. The van der Waals surface area contributed by atoms with Crippen molar-refractivity contribution in [3.63, 3.8) is 0 Å². The molecule has 0 aliphatic rings. The lowest BCUT2D eigenvalue weighted by molar-refractivity contribution is -0.164. The molecular weight excluding hydrogens is 383 g/mol. The maximum absolute atomic E-state index is 12.5. The molecule has 0 spiro atoms. The first-order chi connectivity index (χ1) is 9.98. The van der Waals surface area contributed by atoms with Gasteiger partial charge in [0.1, 0.15) is 0 Å². The molecule has 1 rings (SSSR count). The fourth-order valence-electron chi connectivity index (χ4n) is 2.08. The van der Waals surface area contributed by atoms with Crippen LogP contribution in [0.2, 0.25) is 0 Å². The smallest absolute Gasteiger partial charge is 0.328 e. The van der Waals surface area contributed by atoms with Crippen molar-refractivity contribution in [1.29, 1.82) is 0 Å². The van der Waals surface area contributed by atoms with Crippen molar-refractivity contribution < 1.29 is 19.1 Å². The Hall–Kier alpha value is -1.37. The van der Waals surface area contributed by atoms with E-state index in [-0.39, 0.29) is 19.6 Å². The van der Waals surface area contributed by atoms with Gasteiger partial charge in [-0.3, -0.25) is 9.59 Å². The third-order valence-corrected chi connectivity index (χ3v) is 3.35. The highest BCUT2D eigenvalue weighted by molar-refractivity contribution is 14.1. The fourth-order valence-corrected chi connectivity index (χ4v) is 2.66. The summed E-state index contributed by atoms with van der Waals surface area (Å²) in [7, 11) is 0. The molecule has 0 aliphatic heterocycles. The van der Waals surface area contributed by atoms with Crippen molar-refractivity contribution in [1.82, 2.24) is 0 Å². The van der Waals surface area contributed by atoms with Crippen LogP contribution in [-0.4, -0.2) is 25.2 Å². The van der Waals surface area contributed by atoms with Crippen LogP contribution in [0.5, 0.6) is 0 Å². The number of hydrogen-bond acceptors (Lipinski definition) is 4. The molecule has 0 aliphatic carbocycles. The Bertz CT molecular complexity index is 492. The van der Waals surface area contributed by atoms with Crippen molar-refractivity contribution in [2.24, 2.45) is 0 Å². The molecule has 0 aromatic heterocycles. The molecule has 0 atom stereocenters. The van der Waals surface area contributed by atoms with Crippen LogP contribution < -0.4 is 0 Å². The number of hydrogen-bond donors (Lipinski definition) is 0. The molecular formula is C16H19IO4. The fraction of sp³-hybridized carbons (Fsp3) is 0.375. The monoisotopic (exact) mass is 402 g/mol. The second kappa shape index (κ2) is 8.17. The summed E-state index contributed by atoms with van der Waals surface area (Å²) in [6, 6.07) is 8.83. The van der Waals surface area contributed by atoms with E-state index in [1.807, 2.05) is 28.7 Å². The zero-order valence-corrected chi connectivity index (χ0v) is 14.4. The van der Waals surface area contributed by atoms with Gasteiger partial charge in [0.05, 0.1) is 13.2 Å². The summed E-state index contributed by atoms with van der Waals surface area (Å²) in [6.45, 7) is 7.62. The molecule has 0 saturated carbocycles. The SMILES string of the molecule is C=C(I)CC(C(=O)OCC)(C(=O)OCC)c1ccccc1. The van der Waals surface area contributed by atoms with Gasteiger partial charge >= 0.3 is 11.9 Å². The molecule has 0 heterocycles. The van der Waals surface area contributed by atoms with Crippen molar-refractivity contribution >= 4 is 34.5 Å². The van der Waals surface area contributed by atoms with E-state index in [2.05, 4.69) is 6.58 Å². The van der Waals surface area contributed by atoms with Gasteiger partial charge < -0.3 is 9.47 Å². The lowest BCUT2D eigenvalue weighted by atomic mass is 9.77. The largest absolute Gasteiger partial charge is 0.465 e. The molecule has 0 fully saturated rings. The molecule has 5 heteroatoms.